The van der Waals surface area contributed by atoms with E-state index in [4.69, 9.17) is 11.5 Å². The Kier molecular flexibility index (Phi) is 8.36. The number of carboxylic acid groups (broad SMARTS) is 1. The number of nitrogens with zero attached hydrogens (tertiary/aromatic N) is 2. The Bertz CT molecular complexity index is 542. The van der Waals surface area contributed by atoms with Crippen molar-refractivity contribution in [1.82, 2.24) is 9.55 Å². The van der Waals surface area contributed by atoms with Gasteiger partial charge in [-0.2, -0.15) is 12.1 Å². The summed E-state index contributed by atoms with van der Waals surface area (Å²) in [4.78, 5) is 34.8. The molecule has 1 aromatic heterocycles. The molecule has 2 N–H and O–H groups in total. The number of rotatable bonds is 1. The quantitative estimate of drug-likeness (QED) is 0.596. The average Bonchev–Trinajstić information content (AvgIpc) is 2.39. The summed E-state index contributed by atoms with van der Waals surface area (Å²) in [5, 5.41) is 10.2. The van der Waals surface area contributed by atoms with Gasteiger partial charge in [0.25, 0.3) is 0 Å². The minimum absolute atomic E-state index is 0. The zero-order chi connectivity index (χ0) is 15.3. The van der Waals surface area contributed by atoms with Gasteiger partial charge in [0, 0.05) is 0 Å². The molecule has 1 heterocycles. The maximum atomic E-state index is 10.8. The smallest absolute Gasteiger partial charge is 0.676 e. The number of hydrogen-bond acceptors (Lipinski definition) is 4. The molecule has 1 aromatic rings. The van der Waals surface area contributed by atoms with Crippen LogP contribution in [0.2, 0.25) is 0 Å². The first kappa shape index (κ1) is 19.7. The molecule has 0 saturated heterocycles. The van der Waals surface area contributed by atoms with Crippen LogP contribution in [0.4, 0.5) is 0 Å². The number of aromatic nitrogens is 2. The zero-order valence-corrected chi connectivity index (χ0v) is 13.0. The van der Waals surface area contributed by atoms with Gasteiger partial charge in [0.15, 0.2) is 11.2 Å². The molecule has 1 aliphatic rings. The van der Waals surface area contributed by atoms with Gasteiger partial charge >= 0.3 is 20.4 Å². The summed E-state index contributed by atoms with van der Waals surface area (Å²) in [7, 11) is 1.21. The Labute approximate surface area is 135 Å². The van der Waals surface area contributed by atoms with Crippen LogP contribution >= 0.6 is 0 Å². The van der Waals surface area contributed by atoms with Gasteiger partial charge in [0.1, 0.15) is 0 Å². The number of carboxylic acids is 1. The van der Waals surface area contributed by atoms with E-state index in [2.05, 4.69) is 4.98 Å². The van der Waals surface area contributed by atoms with Crippen LogP contribution in [0.25, 0.3) is 11.5 Å². The fourth-order valence-corrected chi connectivity index (χ4v) is 1.75. The third kappa shape index (κ3) is 5.93. The van der Waals surface area contributed by atoms with Gasteiger partial charge < -0.3 is 30.9 Å². The summed E-state index contributed by atoms with van der Waals surface area (Å²) in [6, 6.07) is 0.573. The van der Waals surface area contributed by atoms with E-state index in [1.807, 2.05) is 0 Å². The van der Waals surface area contributed by atoms with Gasteiger partial charge in [-0.15, -0.1) is 0 Å². The molecule has 2 rings (SSSR count). The molecule has 120 valence electrons. The van der Waals surface area contributed by atoms with Crippen molar-refractivity contribution in [1.29, 1.82) is 0 Å². The van der Waals surface area contributed by atoms with E-state index >= 15 is 0 Å². The molecule has 2 unspecified atom stereocenters. The van der Waals surface area contributed by atoms with E-state index in [1.165, 1.54) is 19.9 Å². The summed E-state index contributed by atoms with van der Waals surface area (Å²) in [6.45, 7) is 0. The minimum atomic E-state index is -1.63. The maximum Gasteiger partial charge on any atom is 2.00 e. The fourth-order valence-electron chi connectivity index (χ4n) is 1.75. The molecule has 0 aliphatic heterocycles. The van der Waals surface area contributed by atoms with Crippen molar-refractivity contribution in [2.24, 2.45) is 7.05 Å². The van der Waals surface area contributed by atoms with E-state index in [9.17, 15) is 19.5 Å². The number of carbonyl (C=O) groups excluding carboxylic acids is 1. The van der Waals surface area contributed by atoms with Crippen molar-refractivity contribution in [3.05, 3.63) is 44.1 Å². The monoisotopic (exact) mass is 386 g/mol. The van der Waals surface area contributed by atoms with E-state index in [1.54, 1.807) is 0 Å². The second-order valence-electron chi connectivity index (χ2n) is 4.61. The predicted molar refractivity (Wildman–Crippen MR) is 70.3 cm³/mol. The van der Waals surface area contributed by atoms with Crippen LogP contribution < -0.4 is 21.3 Å². The Morgan fingerprint density at radius 3 is 2.10 bits per heavy atom. The second-order valence-corrected chi connectivity index (χ2v) is 4.61. The van der Waals surface area contributed by atoms with Crippen LogP contribution in [0.1, 0.15) is 36.2 Å². The third-order valence-electron chi connectivity index (χ3n) is 3.07. The molecule has 0 amide bonds. The molecule has 1 aliphatic carbocycles. The third-order valence-corrected chi connectivity index (χ3v) is 3.07. The van der Waals surface area contributed by atoms with Crippen molar-refractivity contribution in [2.75, 3.05) is 0 Å². The van der Waals surface area contributed by atoms with E-state index in [0.717, 1.165) is 18.9 Å². The number of hydrogen-bond donors (Lipinski definition) is 0. The normalized spacial score (nSPS) is 20.7. The first-order valence-electron chi connectivity index (χ1n) is 6.21. The maximum absolute atomic E-state index is 10.8. The Morgan fingerprint density at radius 2 is 1.76 bits per heavy atom. The molecule has 2 atom stereocenters. The van der Waals surface area contributed by atoms with Crippen molar-refractivity contribution in [3.8, 4) is 0 Å². The van der Waals surface area contributed by atoms with E-state index in [-0.39, 0.29) is 32.5 Å². The second kappa shape index (κ2) is 8.90. The molecular weight excluding hydrogens is 371 g/mol. The van der Waals surface area contributed by atoms with Crippen LogP contribution in [0.5, 0.6) is 0 Å². The number of nitrogens with one attached hydrogen (secondary N) is 2. The van der Waals surface area contributed by atoms with Crippen molar-refractivity contribution >= 4 is 5.97 Å². The van der Waals surface area contributed by atoms with Crippen LogP contribution in [0.15, 0.2) is 15.7 Å². The average molecular weight is 387 g/mol. The molecule has 0 radical (unpaired) electrons. The van der Waals surface area contributed by atoms with Gasteiger partial charge in [0.2, 0.25) is 0 Å². The molecule has 9 heteroatoms. The molecule has 1 fully saturated rings. The van der Waals surface area contributed by atoms with Crippen LogP contribution in [-0.2, 0) is 27.5 Å². The van der Waals surface area contributed by atoms with Gasteiger partial charge in [-0.05, 0) is 11.8 Å². The summed E-state index contributed by atoms with van der Waals surface area (Å²) < 4.78 is 0.701. The molecular formula is C12H16N4O4Pd-2. The van der Waals surface area contributed by atoms with Gasteiger partial charge in [0.05, 0.1) is 5.97 Å². The van der Waals surface area contributed by atoms with Crippen LogP contribution in [-0.4, -0.2) is 22.6 Å². The number of carbonyl (C=O) groups is 1. The predicted octanol–water partition coefficient (Wildman–Crippen LogP) is -0.534. The first-order valence-corrected chi connectivity index (χ1v) is 6.21. The Morgan fingerprint density at radius 1 is 1.29 bits per heavy atom. The first-order chi connectivity index (χ1) is 9.32. The molecule has 0 aromatic carbocycles. The van der Waals surface area contributed by atoms with E-state index < -0.39 is 22.9 Å². The van der Waals surface area contributed by atoms with Crippen molar-refractivity contribution in [2.45, 2.75) is 37.8 Å². The largest absolute Gasteiger partial charge is 2.00 e. The van der Waals surface area contributed by atoms with Crippen LogP contribution in [0, 0.1) is 0 Å². The topological polar surface area (TPSA) is 141 Å². The van der Waals surface area contributed by atoms with Crippen molar-refractivity contribution < 1.29 is 30.3 Å². The Hall–Kier alpha value is -1.27. The fraction of sp³-hybridized carbons (Fsp3) is 0.583. The molecule has 8 nitrogen and oxygen atoms in total. The minimum Gasteiger partial charge on any atom is -0.676 e. The standard InChI is InChI=1S/C6H6N2O4.C6H12N2.Pd/c1-8-4(9)2-3(5(10)11)7-6(8)12;7-5-3-1-2-4-6(5)8;/h2H,1H3,(H2,7,9,10,11,12);5-8H,1-4H2;/q;-2;+2/p-2. The van der Waals surface area contributed by atoms with Crippen molar-refractivity contribution in [3.63, 3.8) is 0 Å². The van der Waals surface area contributed by atoms with Gasteiger partial charge in [-0.25, -0.2) is 0 Å². The van der Waals surface area contributed by atoms with Crippen LogP contribution in [0.3, 0.4) is 0 Å². The molecule has 0 spiro atoms. The summed E-state index contributed by atoms with van der Waals surface area (Å²) in [5.41, 5.74) is 12.3. The summed E-state index contributed by atoms with van der Waals surface area (Å²) >= 11 is 0. The number of aromatic carboxylic acids is 1. The summed E-state index contributed by atoms with van der Waals surface area (Å²) in [6.07, 6.45) is 4.25. The van der Waals surface area contributed by atoms with E-state index in [0.29, 0.717) is 4.57 Å². The summed E-state index contributed by atoms with van der Waals surface area (Å²) in [5.74, 6) is -1.63. The molecule has 1 saturated carbocycles. The van der Waals surface area contributed by atoms with Gasteiger partial charge in [-0.3, -0.25) is 9.59 Å². The zero-order valence-electron chi connectivity index (χ0n) is 11.4. The molecule has 21 heavy (non-hydrogen) atoms. The Balaban J connectivity index is 0.000000390. The van der Waals surface area contributed by atoms with Gasteiger partial charge in [-0.1, -0.05) is 32.7 Å². The SMILES string of the molecule is Cn1c(=O)cc(C(=O)[O-])[n-]c1=O.[NH-]C1CCCCC1[NH-].[Pd+2]. The molecule has 0 bridgehead atoms.